The van der Waals surface area contributed by atoms with Crippen molar-refractivity contribution in [3.63, 3.8) is 0 Å². The van der Waals surface area contributed by atoms with E-state index in [1.807, 2.05) is 0 Å². The van der Waals surface area contributed by atoms with Crippen LogP contribution in [0.25, 0.3) is 0 Å². The Hall–Kier alpha value is -2.60. The number of hydrogen-bond acceptors (Lipinski definition) is 6. The molecule has 0 saturated heterocycles. The molecule has 1 aromatic heterocycles. The fraction of sp³-hybridized carbons (Fsp3) is 0.520. The number of Topliss-reactive ketones (excluding diaryl/α,β-unsaturated/α-hetero) is 1. The lowest BCUT2D eigenvalue weighted by molar-refractivity contribution is 0.0593. The second-order valence-electron chi connectivity index (χ2n) is 10.1. The van der Waals surface area contributed by atoms with Crippen LogP contribution in [0.4, 0.5) is 0 Å². The van der Waals surface area contributed by atoms with Crippen molar-refractivity contribution in [3.05, 3.63) is 58.2 Å². The molecule has 0 saturated carbocycles. The van der Waals surface area contributed by atoms with E-state index in [1.54, 1.807) is 24.3 Å². The summed E-state index contributed by atoms with van der Waals surface area (Å²) in [6.45, 7) is 8.70. The highest BCUT2D eigenvalue weighted by Gasteiger charge is 2.43. The Bertz CT molecular complexity index is 1040. The Balaban J connectivity index is 1.66. The first-order chi connectivity index (χ1) is 14.5. The van der Waals surface area contributed by atoms with Gasteiger partial charge in [0.05, 0.1) is 41.8 Å². The van der Waals surface area contributed by atoms with E-state index in [-0.39, 0.29) is 16.6 Å². The van der Waals surface area contributed by atoms with Gasteiger partial charge in [-0.25, -0.2) is 9.78 Å². The Morgan fingerprint density at radius 1 is 1.06 bits per heavy atom. The van der Waals surface area contributed by atoms with Crippen LogP contribution in [0.5, 0.6) is 0 Å². The summed E-state index contributed by atoms with van der Waals surface area (Å²) in [5.41, 5.74) is 3.88. The van der Waals surface area contributed by atoms with E-state index in [0.29, 0.717) is 29.7 Å². The predicted molar refractivity (Wildman–Crippen MR) is 116 cm³/mol. The third-order valence-electron chi connectivity index (χ3n) is 6.94. The fourth-order valence-electron chi connectivity index (χ4n) is 4.71. The van der Waals surface area contributed by atoms with Crippen LogP contribution in [0.2, 0.25) is 0 Å². The van der Waals surface area contributed by atoms with Gasteiger partial charge in [0.2, 0.25) is 0 Å². The molecule has 6 nitrogen and oxygen atoms in total. The van der Waals surface area contributed by atoms with Crippen molar-refractivity contribution in [3.8, 4) is 0 Å². The summed E-state index contributed by atoms with van der Waals surface area (Å²) in [6.07, 6.45) is 2.20. The Kier molecular flexibility index (Phi) is 5.24. The van der Waals surface area contributed by atoms with Crippen molar-refractivity contribution >= 4 is 11.8 Å². The third-order valence-corrected chi connectivity index (χ3v) is 6.94. The third kappa shape index (κ3) is 3.67. The van der Waals surface area contributed by atoms with Gasteiger partial charge in [0, 0.05) is 10.8 Å². The van der Waals surface area contributed by atoms with Crippen LogP contribution < -0.4 is 0 Å². The summed E-state index contributed by atoms with van der Waals surface area (Å²) in [5.74, 6) is -1.17. The first kappa shape index (κ1) is 21.6. The highest BCUT2D eigenvalue weighted by atomic mass is 16.5. The number of fused-ring (bicyclic) bond motifs is 2. The molecule has 0 spiro atoms. The number of ether oxygens (including phenoxy) is 1. The Morgan fingerprint density at radius 3 is 2.23 bits per heavy atom. The zero-order valence-electron chi connectivity index (χ0n) is 18.9. The number of ketones is 1. The van der Waals surface area contributed by atoms with E-state index in [0.717, 1.165) is 29.9 Å². The maximum absolute atomic E-state index is 13.4. The van der Waals surface area contributed by atoms with Crippen LogP contribution in [-0.4, -0.2) is 33.9 Å². The number of methoxy groups -OCH3 is 1. The van der Waals surface area contributed by atoms with Crippen molar-refractivity contribution < 1.29 is 19.4 Å². The van der Waals surface area contributed by atoms with Gasteiger partial charge in [0.25, 0.3) is 0 Å². The monoisotopic (exact) mass is 422 g/mol. The van der Waals surface area contributed by atoms with E-state index in [9.17, 15) is 14.7 Å². The molecule has 0 amide bonds. The number of hydrogen-bond donors (Lipinski definition) is 1. The highest BCUT2D eigenvalue weighted by molar-refractivity contribution is 5.98. The maximum atomic E-state index is 13.4. The van der Waals surface area contributed by atoms with Crippen molar-refractivity contribution in [1.82, 2.24) is 9.97 Å². The molecule has 2 unspecified atom stereocenters. The topological polar surface area (TPSA) is 89.4 Å². The molecule has 0 aliphatic heterocycles. The number of aliphatic hydroxyl groups excluding tert-OH is 1. The van der Waals surface area contributed by atoms with E-state index in [2.05, 4.69) is 27.7 Å². The number of aliphatic hydroxyl groups is 1. The first-order valence-corrected chi connectivity index (χ1v) is 10.9. The van der Waals surface area contributed by atoms with Crippen molar-refractivity contribution in [2.24, 2.45) is 5.92 Å². The highest BCUT2D eigenvalue weighted by Crippen LogP contribution is 2.45. The summed E-state index contributed by atoms with van der Waals surface area (Å²) < 4.78 is 4.72. The lowest BCUT2D eigenvalue weighted by atomic mass is 9.67. The zero-order valence-corrected chi connectivity index (χ0v) is 18.9. The summed E-state index contributed by atoms with van der Waals surface area (Å²) in [4.78, 5) is 34.8. The van der Waals surface area contributed by atoms with Gasteiger partial charge in [-0.2, -0.15) is 0 Å². The van der Waals surface area contributed by atoms with Gasteiger partial charge in [-0.1, -0.05) is 39.8 Å². The van der Waals surface area contributed by atoms with Crippen LogP contribution in [0.15, 0.2) is 24.3 Å². The number of carbonyl (C=O) groups excluding carboxylic acids is 2. The van der Waals surface area contributed by atoms with E-state index in [1.165, 1.54) is 7.11 Å². The number of nitrogens with zero attached hydrogens (tertiary/aromatic N) is 2. The molecular formula is C25H30N2O4. The van der Waals surface area contributed by atoms with Gasteiger partial charge < -0.3 is 9.84 Å². The summed E-state index contributed by atoms with van der Waals surface area (Å²) >= 11 is 0. The zero-order chi connectivity index (χ0) is 22.6. The molecule has 2 atom stereocenters. The molecule has 1 N–H and O–H groups in total. The average Bonchev–Trinajstić information content (AvgIpc) is 2.76. The molecule has 2 aliphatic carbocycles. The summed E-state index contributed by atoms with van der Waals surface area (Å²) in [5, 5.41) is 11.0. The number of carbonyl (C=O) groups is 2. The van der Waals surface area contributed by atoms with E-state index < -0.39 is 18.0 Å². The molecule has 1 heterocycles. The molecule has 2 aliphatic rings. The van der Waals surface area contributed by atoms with Crippen molar-refractivity contribution in [2.75, 3.05) is 7.11 Å². The second-order valence-corrected chi connectivity index (χ2v) is 10.1. The SMILES string of the molecule is COC(=O)c1ccc(C(O)C2CCc3nc4c(nc3C2=O)C(C)(C)CCC4(C)C)cc1. The van der Waals surface area contributed by atoms with Crippen LogP contribution in [0, 0.1) is 5.92 Å². The van der Waals surface area contributed by atoms with Crippen LogP contribution in [0.1, 0.15) is 96.6 Å². The van der Waals surface area contributed by atoms with E-state index >= 15 is 0 Å². The van der Waals surface area contributed by atoms with Gasteiger partial charge in [-0.15, -0.1) is 0 Å². The molecule has 164 valence electrons. The molecule has 2 aromatic rings. The molecule has 6 heteroatoms. The molecule has 0 radical (unpaired) electrons. The molecule has 1 aromatic carbocycles. The van der Waals surface area contributed by atoms with E-state index in [4.69, 9.17) is 14.7 Å². The molecular weight excluding hydrogens is 392 g/mol. The van der Waals surface area contributed by atoms with Gasteiger partial charge in [-0.3, -0.25) is 9.78 Å². The quantitative estimate of drug-likeness (QED) is 0.750. The number of aromatic nitrogens is 2. The molecule has 0 fully saturated rings. The van der Waals surface area contributed by atoms with Gasteiger partial charge in [0.15, 0.2) is 5.78 Å². The Labute approximate surface area is 183 Å². The average molecular weight is 423 g/mol. The molecule has 0 bridgehead atoms. The lowest BCUT2D eigenvalue weighted by Gasteiger charge is -2.40. The first-order valence-electron chi connectivity index (χ1n) is 10.9. The van der Waals surface area contributed by atoms with Crippen LogP contribution in [0.3, 0.4) is 0 Å². The summed E-state index contributed by atoms with van der Waals surface area (Å²) in [7, 11) is 1.32. The lowest BCUT2D eigenvalue weighted by Crippen LogP contribution is -2.39. The number of aryl methyl sites for hydroxylation is 1. The number of rotatable bonds is 3. The largest absolute Gasteiger partial charge is 0.465 e. The number of benzene rings is 1. The Morgan fingerprint density at radius 2 is 1.65 bits per heavy atom. The minimum atomic E-state index is -0.963. The van der Waals surface area contributed by atoms with Crippen molar-refractivity contribution in [1.29, 1.82) is 0 Å². The van der Waals surface area contributed by atoms with Gasteiger partial charge >= 0.3 is 5.97 Å². The predicted octanol–water partition coefficient (Wildman–Crippen LogP) is 4.09. The van der Waals surface area contributed by atoms with Gasteiger partial charge in [0.1, 0.15) is 5.69 Å². The summed E-state index contributed by atoms with van der Waals surface area (Å²) in [6, 6.07) is 6.55. The number of esters is 1. The van der Waals surface area contributed by atoms with Gasteiger partial charge in [-0.05, 0) is 43.4 Å². The van der Waals surface area contributed by atoms with Crippen molar-refractivity contribution in [2.45, 2.75) is 70.3 Å². The second kappa shape index (κ2) is 7.52. The van der Waals surface area contributed by atoms with Crippen LogP contribution in [-0.2, 0) is 22.0 Å². The minimum Gasteiger partial charge on any atom is -0.465 e. The maximum Gasteiger partial charge on any atom is 0.337 e. The normalized spacial score (nSPS) is 22.3. The minimum absolute atomic E-state index is 0.0618. The molecule has 31 heavy (non-hydrogen) atoms. The molecule has 4 rings (SSSR count). The fourth-order valence-corrected chi connectivity index (χ4v) is 4.71. The van der Waals surface area contributed by atoms with Crippen LogP contribution >= 0.6 is 0 Å². The smallest absolute Gasteiger partial charge is 0.337 e. The standard InChI is InChI=1S/C25H30N2O4/c1-24(2)12-13-25(3,4)22-21(24)26-17-11-10-16(20(29)18(17)27-22)19(28)14-6-8-15(9-7-14)23(30)31-5/h6-9,16,19,28H,10-13H2,1-5H3.